The lowest BCUT2D eigenvalue weighted by Crippen LogP contribution is -2.12. The zero-order valence-corrected chi connectivity index (χ0v) is 10.8. The maximum atomic E-state index is 12.0. The normalized spacial score (nSPS) is 10.2. The van der Waals surface area contributed by atoms with Crippen molar-refractivity contribution >= 4 is 11.6 Å². The number of hydrogen-bond acceptors (Lipinski definition) is 3. The van der Waals surface area contributed by atoms with Crippen LogP contribution in [0.15, 0.2) is 36.4 Å². The fraction of sp³-hybridized carbons (Fsp3) is 0.133. The van der Waals surface area contributed by atoms with Crippen LogP contribution in [0, 0.1) is 13.8 Å². The summed E-state index contributed by atoms with van der Waals surface area (Å²) < 4.78 is 0. The number of phenols is 2. The van der Waals surface area contributed by atoms with Crippen LogP contribution in [-0.4, -0.2) is 16.1 Å². The van der Waals surface area contributed by atoms with E-state index >= 15 is 0 Å². The van der Waals surface area contributed by atoms with E-state index in [2.05, 4.69) is 5.32 Å². The molecule has 98 valence electrons. The number of benzene rings is 2. The van der Waals surface area contributed by atoms with E-state index in [0.29, 0.717) is 16.8 Å². The predicted molar refractivity (Wildman–Crippen MR) is 73.6 cm³/mol. The quantitative estimate of drug-likeness (QED) is 0.724. The second kappa shape index (κ2) is 5.02. The summed E-state index contributed by atoms with van der Waals surface area (Å²) in [6.07, 6.45) is 0. The second-order valence-corrected chi connectivity index (χ2v) is 4.43. The van der Waals surface area contributed by atoms with E-state index in [1.54, 1.807) is 44.2 Å². The molecule has 0 unspecified atom stereocenters. The van der Waals surface area contributed by atoms with Crippen LogP contribution in [0.1, 0.15) is 21.5 Å². The van der Waals surface area contributed by atoms with Crippen molar-refractivity contribution in [2.24, 2.45) is 0 Å². The Morgan fingerprint density at radius 2 is 1.63 bits per heavy atom. The third kappa shape index (κ3) is 2.68. The summed E-state index contributed by atoms with van der Waals surface area (Å²) in [4.78, 5) is 12.0. The molecule has 0 aliphatic heterocycles. The first-order valence-corrected chi connectivity index (χ1v) is 5.88. The SMILES string of the molecule is Cc1cc(NC(=O)c2ccccc2O)cc(C)c1O. The van der Waals surface area contributed by atoms with Gasteiger partial charge in [-0.3, -0.25) is 4.79 Å². The molecule has 3 N–H and O–H groups in total. The van der Waals surface area contributed by atoms with E-state index < -0.39 is 0 Å². The highest BCUT2D eigenvalue weighted by Gasteiger charge is 2.11. The second-order valence-electron chi connectivity index (χ2n) is 4.43. The summed E-state index contributed by atoms with van der Waals surface area (Å²) >= 11 is 0. The number of carbonyl (C=O) groups is 1. The van der Waals surface area contributed by atoms with Crippen LogP contribution < -0.4 is 5.32 Å². The zero-order chi connectivity index (χ0) is 14.0. The van der Waals surface area contributed by atoms with Crippen LogP contribution in [0.4, 0.5) is 5.69 Å². The third-order valence-corrected chi connectivity index (χ3v) is 2.90. The lowest BCUT2D eigenvalue weighted by Gasteiger charge is -2.10. The summed E-state index contributed by atoms with van der Waals surface area (Å²) in [5.74, 6) is -0.227. The lowest BCUT2D eigenvalue weighted by molar-refractivity contribution is 0.102. The number of para-hydroxylation sites is 1. The molecule has 0 radical (unpaired) electrons. The van der Waals surface area contributed by atoms with Crippen LogP contribution >= 0.6 is 0 Å². The van der Waals surface area contributed by atoms with Gasteiger partial charge in [-0.2, -0.15) is 0 Å². The van der Waals surface area contributed by atoms with Gasteiger partial charge in [-0.05, 0) is 49.2 Å². The summed E-state index contributed by atoms with van der Waals surface area (Å²) in [6, 6.07) is 9.70. The monoisotopic (exact) mass is 257 g/mol. The Hall–Kier alpha value is -2.49. The number of anilines is 1. The fourth-order valence-corrected chi connectivity index (χ4v) is 1.89. The number of aromatic hydroxyl groups is 2. The van der Waals surface area contributed by atoms with Crippen molar-refractivity contribution in [1.82, 2.24) is 0 Å². The highest BCUT2D eigenvalue weighted by atomic mass is 16.3. The summed E-state index contributed by atoms with van der Waals surface area (Å²) in [5.41, 5.74) is 2.17. The first kappa shape index (κ1) is 13.0. The van der Waals surface area contributed by atoms with Crippen LogP contribution in [0.5, 0.6) is 11.5 Å². The molecule has 0 aliphatic carbocycles. The van der Waals surface area contributed by atoms with Gasteiger partial charge in [0.05, 0.1) is 5.56 Å². The number of rotatable bonds is 2. The highest BCUT2D eigenvalue weighted by molar-refractivity contribution is 6.06. The average molecular weight is 257 g/mol. The fourth-order valence-electron chi connectivity index (χ4n) is 1.89. The molecule has 4 nitrogen and oxygen atoms in total. The molecule has 4 heteroatoms. The highest BCUT2D eigenvalue weighted by Crippen LogP contribution is 2.26. The van der Waals surface area contributed by atoms with Crippen molar-refractivity contribution in [3.05, 3.63) is 53.1 Å². The Morgan fingerprint density at radius 3 is 2.21 bits per heavy atom. The minimum absolute atomic E-state index is 0.0628. The Balaban J connectivity index is 2.27. The van der Waals surface area contributed by atoms with Gasteiger partial charge in [-0.25, -0.2) is 0 Å². The van der Waals surface area contributed by atoms with Gasteiger partial charge in [0.15, 0.2) is 0 Å². The number of aryl methyl sites for hydroxylation is 2. The van der Waals surface area contributed by atoms with E-state index in [1.165, 1.54) is 6.07 Å². The molecular weight excluding hydrogens is 242 g/mol. The van der Waals surface area contributed by atoms with Gasteiger partial charge < -0.3 is 15.5 Å². The minimum Gasteiger partial charge on any atom is -0.507 e. The van der Waals surface area contributed by atoms with E-state index in [-0.39, 0.29) is 23.0 Å². The van der Waals surface area contributed by atoms with Crippen molar-refractivity contribution in [2.45, 2.75) is 13.8 Å². The van der Waals surface area contributed by atoms with E-state index in [1.807, 2.05) is 0 Å². The molecule has 0 spiro atoms. The Morgan fingerprint density at radius 1 is 1.05 bits per heavy atom. The molecule has 1 amide bonds. The molecule has 0 aliphatic rings. The maximum absolute atomic E-state index is 12.0. The summed E-state index contributed by atoms with van der Waals surface area (Å²) in [7, 11) is 0. The van der Waals surface area contributed by atoms with Crippen molar-refractivity contribution in [1.29, 1.82) is 0 Å². The number of carbonyl (C=O) groups excluding carboxylic acids is 1. The van der Waals surface area contributed by atoms with Crippen LogP contribution in [0.3, 0.4) is 0 Å². The smallest absolute Gasteiger partial charge is 0.259 e. The number of nitrogens with one attached hydrogen (secondary N) is 1. The Kier molecular flexibility index (Phi) is 3.42. The maximum Gasteiger partial charge on any atom is 0.259 e. The average Bonchev–Trinajstić information content (AvgIpc) is 2.36. The predicted octanol–water partition coefficient (Wildman–Crippen LogP) is 2.97. The van der Waals surface area contributed by atoms with Gasteiger partial charge in [0, 0.05) is 5.69 Å². The number of hydrogen-bond donors (Lipinski definition) is 3. The van der Waals surface area contributed by atoms with Crippen molar-refractivity contribution in [2.75, 3.05) is 5.32 Å². The molecule has 0 saturated carbocycles. The first-order valence-electron chi connectivity index (χ1n) is 5.88. The largest absolute Gasteiger partial charge is 0.507 e. The van der Waals surface area contributed by atoms with Gasteiger partial charge in [-0.15, -0.1) is 0 Å². The Labute approximate surface area is 111 Å². The first-order chi connectivity index (χ1) is 8.99. The van der Waals surface area contributed by atoms with Crippen LogP contribution in [0.2, 0.25) is 0 Å². The molecule has 0 atom stereocenters. The van der Waals surface area contributed by atoms with E-state index in [4.69, 9.17) is 0 Å². The van der Waals surface area contributed by atoms with Gasteiger partial charge in [0.2, 0.25) is 0 Å². The molecular formula is C15H15NO3. The zero-order valence-electron chi connectivity index (χ0n) is 10.8. The summed E-state index contributed by atoms with van der Waals surface area (Å²) in [6.45, 7) is 3.52. The molecule has 2 aromatic carbocycles. The molecule has 0 aromatic heterocycles. The lowest BCUT2D eigenvalue weighted by atomic mass is 10.1. The van der Waals surface area contributed by atoms with Crippen molar-refractivity contribution in [3.63, 3.8) is 0 Å². The molecule has 2 aromatic rings. The van der Waals surface area contributed by atoms with Gasteiger partial charge >= 0.3 is 0 Å². The van der Waals surface area contributed by atoms with Crippen LogP contribution in [-0.2, 0) is 0 Å². The molecule has 0 heterocycles. The Bertz CT molecular complexity index is 612. The summed E-state index contributed by atoms with van der Waals surface area (Å²) in [5, 5.41) is 22.0. The standard InChI is InChI=1S/C15H15NO3/c1-9-7-11(8-10(2)14(9)18)16-15(19)12-5-3-4-6-13(12)17/h3-8,17-18H,1-2H3,(H,16,19). The van der Waals surface area contributed by atoms with Gasteiger partial charge in [0.25, 0.3) is 5.91 Å². The van der Waals surface area contributed by atoms with Gasteiger partial charge in [-0.1, -0.05) is 12.1 Å². The van der Waals surface area contributed by atoms with E-state index in [0.717, 1.165) is 0 Å². The van der Waals surface area contributed by atoms with Crippen molar-refractivity contribution < 1.29 is 15.0 Å². The number of amides is 1. The van der Waals surface area contributed by atoms with Crippen molar-refractivity contribution in [3.8, 4) is 11.5 Å². The topological polar surface area (TPSA) is 69.6 Å². The van der Waals surface area contributed by atoms with Gasteiger partial charge in [0.1, 0.15) is 11.5 Å². The van der Waals surface area contributed by atoms with Crippen LogP contribution in [0.25, 0.3) is 0 Å². The third-order valence-electron chi connectivity index (χ3n) is 2.90. The minimum atomic E-state index is -0.386. The molecule has 0 bridgehead atoms. The molecule has 2 rings (SSSR count). The number of phenolic OH excluding ortho intramolecular Hbond substituents is 2. The molecule has 0 saturated heterocycles. The van der Waals surface area contributed by atoms with E-state index in [9.17, 15) is 15.0 Å². The molecule has 0 fully saturated rings. The molecule has 19 heavy (non-hydrogen) atoms.